The highest BCUT2D eigenvalue weighted by Crippen LogP contribution is 2.25. The molecule has 1 aliphatic rings. The lowest BCUT2D eigenvalue weighted by Gasteiger charge is -2.16. The number of pyridine rings is 1. The minimum atomic E-state index is -0.161. The van der Waals surface area contributed by atoms with Gasteiger partial charge in [0.05, 0.1) is 22.8 Å². The number of carbonyl (C=O) groups excluding carboxylic acids is 1. The predicted octanol–water partition coefficient (Wildman–Crippen LogP) is 2.07. The monoisotopic (exact) mass is 323 g/mol. The predicted molar refractivity (Wildman–Crippen MR) is 89.3 cm³/mol. The standard InChI is InChI=1S/C17H17N5O2/c23-12-5-3-11(4-6-12)15-9-13(14-10-18-20-16(14)19-15)17(24)21-22-7-1-2-8-22/h3-6,9-10,23H,1-2,7-8H2,(H,21,24)(H,18,19,20). The van der Waals surface area contributed by atoms with E-state index in [1.807, 2.05) is 5.01 Å². The Labute approximate surface area is 138 Å². The van der Waals surface area contributed by atoms with Gasteiger partial charge in [-0.3, -0.25) is 15.3 Å². The van der Waals surface area contributed by atoms with Gasteiger partial charge in [-0.25, -0.2) is 9.99 Å². The van der Waals surface area contributed by atoms with Gasteiger partial charge in [0.25, 0.3) is 5.91 Å². The molecule has 1 amide bonds. The van der Waals surface area contributed by atoms with Crippen LogP contribution in [0, 0.1) is 0 Å². The smallest absolute Gasteiger partial charge is 0.266 e. The van der Waals surface area contributed by atoms with E-state index in [1.54, 1.807) is 36.5 Å². The van der Waals surface area contributed by atoms with E-state index in [4.69, 9.17) is 0 Å². The van der Waals surface area contributed by atoms with Crippen LogP contribution in [0.1, 0.15) is 23.2 Å². The molecule has 0 saturated carbocycles. The molecule has 4 rings (SSSR count). The van der Waals surface area contributed by atoms with Crippen LogP contribution in [0.3, 0.4) is 0 Å². The van der Waals surface area contributed by atoms with Gasteiger partial charge in [0.2, 0.25) is 0 Å². The number of nitrogens with one attached hydrogen (secondary N) is 2. The summed E-state index contributed by atoms with van der Waals surface area (Å²) < 4.78 is 0. The molecular weight excluding hydrogens is 306 g/mol. The highest BCUT2D eigenvalue weighted by molar-refractivity contribution is 6.06. The second-order valence-electron chi connectivity index (χ2n) is 5.87. The molecule has 0 atom stereocenters. The molecule has 1 aromatic carbocycles. The lowest BCUT2D eigenvalue weighted by Crippen LogP contribution is -2.40. The van der Waals surface area contributed by atoms with Gasteiger partial charge in [-0.15, -0.1) is 0 Å². The van der Waals surface area contributed by atoms with E-state index in [9.17, 15) is 9.90 Å². The number of rotatable bonds is 3. The van der Waals surface area contributed by atoms with Crippen molar-refractivity contribution in [3.8, 4) is 17.0 Å². The summed E-state index contributed by atoms with van der Waals surface area (Å²) in [7, 11) is 0. The third-order valence-corrected chi connectivity index (χ3v) is 4.20. The largest absolute Gasteiger partial charge is 0.508 e. The number of carbonyl (C=O) groups is 1. The Bertz CT molecular complexity index is 882. The summed E-state index contributed by atoms with van der Waals surface area (Å²) in [5, 5.41) is 18.9. The van der Waals surface area contributed by atoms with Gasteiger partial charge in [0.15, 0.2) is 5.65 Å². The molecule has 1 saturated heterocycles. The fraction of sp³-hybridized carbons (Fsp3) is 0.235. The van der Waals surface area contributed by atoms with Crippen molar-refractivity contribution in [1.82, 2.24) is 25.6 Å². The van der Waals surface area contributed by atoms with Crippen molar-refractivity contribution >= 4 is 16.9 Å². The minimum Gasteiger partial charge on any atom is -0.508 e. The molecule has 3 aromatic rings. The maximum atomic E-state index is 12.7. The van der Waals surface area contributed by atoms with Crippen LogP contribution in [-0.4, -0.2) is 44.3 Å². The highest BCUT2D eigenvalue weighted by Gasteiger charge is 2.19. The summed E-state index contributed by atoms with van der Waals surface area (Å²) in [5.41, 5.74) is 5.51. The normalized spacial score (nSPS) is 15.0. The van der Waals surface area contributed by atoms with Gasteiger partial charge in [-0.2, -0.15) is 5.10 Å². The van der Waals surface area contributed by atoms with Gasteiger partial charge < -0.3 is 5.11 Å². The summed E-state index contributed by atoms with van der Waals surface area (Å²) in [6.45, 7) is 1.74. The molecule has 3 N–H and O–H groups in total. The molecule has 3 heterocycles. The zero-order chi connectivity index (χ0) is 16.5. The van der Waals surface area contributed by atoms with E-state index < -0.39 is 0 Å². The molecule has 1 fully saturated rings. The Morgan fingerprint density at radius 3 is 2.71 bits per heavy atom. The quantitative estimate of drug-likeness (QED) is 0.686. The number of aromatic hydroxyl groups is 1. The summed E-state index contributed by atoms with van der Waals surface area (Å²) in [6.07, 6.45) is 3.80. The first-order chi connectivity index (χ1) is 11.7. The van der Waals surface area contributed by atoms with Crippen LogP contribution in [0.4, 0.5) is 0 Å². The molecule has 0 bridgehead atoms. The number of aromatic nitrogens is 3. The number of hydrogen-bond donors (Lipinski definition) is 3. The maximum absolute atomic E-state index is 12.7. The second kappa shape index (κ2) is 5.93. The fourth-order valence-corrected chi connectivity index (χ4v) is 2.93. The van der Waals surface area contributed by atoms with E-state index >= 15 is 0 Å². The van der Waals surface area contributed by atoms with Crippen molar-refractivity contribution < 1.29 is 9.90 Å². The minimum absolute atomic E-state index is 0.161. The summed E-state index contributed by atoms with van der Waals surface area (Å²) in [4.78, 5) is 17.2. The van der Waals surface area contributed by atoms with Crippen LogP contribution in [-0.2, 0) is 0 Å². The Hall–Kier alpha value is -2.93. The van der Waals surface area contributed by atoms with E-state index in [1.165, 1.54) is 0 Å². The number of benzene rings is 1. The molecule has 0 unspecified atom stereocenters. The van der Waals surface area contributed by atoms with Crippen molar-refractivity contribution in [1.29, 1.82) is 0 Å². The number of fused-ring (bicyclic) bond motifs is 1. The van der Waals surface area contributed by atoms with Crippen molar-refractivity contribution in [2.75, 3.05) is 13.1 Å². The number of aromatic amines is 1. The first-order valence-corrected chi connectivity index (χ1v) is 7.90. The Kier molecular flexibility index (Phi) is 3.62. The van der Waals surface area contributed by atoms with Crippen molar-refractivity contribution in [3.05, 3.63) is 42.1 Å². The molecule has 122 valence electrons. The number of hydrazine groups is 1. The van der Waals surface area contributed by atoms with Crippen LogP contribution in [0.15, 0.2) is 36.5 Å². The van der Waals surface area contributed by atoms with E-state index in [0.29, 0.717) is 22.3 Å². The molecule has 2 aromatic heterocycles. The average Bonchev–Trinajstić information content (AvgIpc) is 3.25. The number of hydrogen-bond acceptors (Lipinski definition) is 5. The molecular formula is C17H17N5O2. The third-order valence-electron chi connectivity index (χ3n) is 4.20. The van der Waals surface area contributed by atoms with Crippen LogP contribution in [0.25, 0.3) is 22.3 Å². The van der Waals surface area contributed by atoms with Gasteiger partial charge in [-0.1, -0.05) is 0 Å². The second-order valence-corrected chi connectivity index (χ2v) is 5.87. The molecule has 0 aliphatic carbocycles. The van der Waals surface area contributed by atoms with Crippen LogP contribution in [0.5, 0.6) is 5.75 Å². The van der Waals surface area contributed by atoms with Gasteiger partial charge in [0, 0.05) is 18.7 Å². The van der Waals surface area contributed by atoms with Crippen LogP contribution < -0.4 is 5.43 Å². The summed E-state index contributed by atoms with van der Waals surface area (Å²) in [6, 6.07) is 8.48. The average molecular weight is 323 g/mol. The Balaban J connectivity index is 1.74. The Morgan fingerprint density at radius 2 is 1.96 bits per heavy atom. The van der Waals surface area contributed by atoms with E-state index in [0.717, 1.165) is 31.5 Å². The van der Waals surface area contributed by atoms with Gasteiger partial charge in [0.1, 0.15) is 5.75 Å². The van der Waals surface area contributed by atoms with Crippen molar-refractivity contribution in [2.45, 2.75) is 12.8 Å². The number of amides is 1. The van der Waals surface area contributed by atoms with Crippen molar-refractivity contribution in [2.24, 2.45) is 0 Å². The topological polar surface area (TPSA) is 94.1 Å². The third kappa shape index (κ3) is 2.69. The molecule has 7 heteroatoms. The highest BCUT2D eigenvalue weighted by atomic mass is 16.3. The number of phenolic OH excluding ortho intramolecular Hbond substituents is 1. The molecule has 1 aliphatic heterocycles. The van der Waals surface area contributed by atoms with Crippen LogP contribution >= 0.6 is 0 Å². The first kappa shape index (κ1) is 14.6. The maximum Gasteiger partial charge on any atom is 0.266 e. The Morgan fingerprint density at radius 1 is 1.21 bits per heavy atom. The molecule has 0 spiro atoms. The molecule has 0 radical (unpaired) electrons. The molecule has 24 heavy (non-hydrogen) atoms. The lowest BCUT2D eigenvalue weighted by molar-refractivity contribution is 0.0827. The fourth-order valence-electron chi connectivity index (χ4n) is 2.93. The summed E-state index contributed by atoms with van der Waals surface area (Å²) >= 11 is 0. The number of nitrogens with zero attached hydrogens (tertiary/aromatic N) is 3. The van der Waals surface area contributed by atoms with Crippen molar-refractivity contribution in [3.63, 3.8) is 0 Å². The SMILES string of the molecule is O=C(NN1CCCC1)c1cc(-c2ccc(O)cc2)nc2[nH]ncc12. The number of phenols is 1. The first-order valence-electron chi connectivity index (χ1n) is 7.90. The van der Waals surface area contributed by atoms with Crippen LogP contribution in [0.2, 0.25) is 0 Å². The number of H-pyrrole nitrogens is 1. The van der Waals surface area contributed by atoms with E-state index in [-0.39, 0.29) is 11.7 Å². The molecule has 7 nitrogen and oxygen atoms in total. The van der Waals surface area contributed by atoms with Gasteiger partial charge in [-0.05, 0) is 43.2 Å². The van der Waals surface area contributed by atoms with Gasteiger partial charge >= 0.3 is 0 Å². The van der Waals surface area contributed by atoms with E-state index in [2.05, 4.69) is 20.6 Å². The zero-order valence-corrected chi connectivity index (χ0v) is 13.0. The zero-order valence-electron chi connectivity index (χ0n) is 13.0. The lowest BCUT2D eigenvalue weighted by atomic mass is 10.1. The summed E-state index contributed by atoms with van der Waals surface area (Å²) in [5.74, 6) is 0.0269.